The third-order valence-electron chi connectivity index (χ3n) is 7.15. The van der Waals surface area contributed by atoms with Crippen molar-refractivity contribution in [2.45, 2.75) is 26.3 Å². The predicted octanol–water partition coefficient (Wildman–Crippen LogP) is 5.32. The van der Waals surface area contributed by atoms with Crippen molar-refractivity contribution in [2.24, 2.45) is 7.05 Å². The SMILES string of the molecule is Cn1ccn(-c2ccc(-c3cc(F)cc(-c4ccnc(N5CCN(C(C)(C)C)CC5)c4)c3O)cc2Cl)c1=O. The number of nitrogens with zero attached hydrogens (tertiary/aromatic N) is 5. The largest absolute Gasteiger partial charge is 0.507 e. The van der Waals surface area contributed by atoms with E-state index in [0.29, 0.717) is 33.0 Å². The maximum atomic E-state index is 14.9. The van der Waals surface area contributed by atoms with Gasteiger partial charge in [-0.25, -0.2) is 14.2 Å². The predicted molar refractivity (Wildman–Crippen MR) is 150 cm³/mol. The number of hydrogen-bond acceptors (Lipinski definition) is 5. The molecule has 1 aliphatic rings. The highest BCUT2D eigenvalue weighted by molar-refractivity contribution is 6.32. The molecule has 0 unspecified atom stereocenters. The number of benzene rings is 2. The summed E-state index contributed by atoms with van der Waals surface area (Å²) < 4.78 is 17.7. The van der Waals surface area contributed by atoms with Crippen molar-refractivity contribution in [2.75, 3.05) is 31.1 Å². The molecule has 1 fully saturated rings. The molecule has 9 heteroatoms. The van der Waals surface area contributed by atoms with Gasteiger partial charge in [-0.3, -0.25) is 9.47 Å². The summed E-state index contributed by atoms with van der Waals surface area (Å²) >= 11 is 6.53. The number of anilines is 1. The van der Waals surface area contributed by atoms with Crippen LogP contribution in [0.4, 0.5) is 10.2 Å². The quantitative estimate of drug-likeness (QED) is 0.383. The summed E-state index contributed by atoms with van der Waals surface area (Å²) in [6, 6.07) is 11.3. The molecule has 198 valence electrons. The summed E-state index contributed by atoms with van der Waals surface area (Å²) in [5.41, 5.74) is 2.27. The molecule has 5 rings (SSSR count). The van der Waals surface area contributed by atoms with Gasteiger partial charge in [-0.1, -0.05) is 17.7 Å². The minimum absolute atomic E-state index is 0.0539. The highest BCUT2D eigenvalue weighted by Crippen LogP contribution is 2.41. The number of pyridine rings is 1. The number of aromatic hydroxyl groups is 1. The van der Waals surface area contributed by atoms with Crippen LogP contribution in [0.3, 0.4) is 0 Å². The molecule has 0 bridgehead atoms. The Hall–Kier alpha value is -3.62. The molecular weight excluding hydrogens is 505 g/mol. The van der Waals surface area contributed by atoms with Gasteiger partial charge in [-0.15, -0.1) is 0 Å². The number of halogens is 2. The van der Waals surface area contributed by atoms with Crippen molar-refractivity contribution in [3.05, 3.63) is 82.4 Å². The maximum absolute atomic E-state index is 14.9. The van der Waals surface area contributed by atoms with E-state index in [1.165, 1.54) is 21.3 Å². The van der Waals surface area contributed by atoms with Crippen LogP contribution in [-0.4, -0.2) is 55.8 Å². The Labute approximate surface area is 226 Å². The lowest BCUT2D eigenvalue weighted by molar-refractivity contribution is 0.128. The lowest BCUT2D eigenvalue weighted by Crippen LogP contribution is -2.53. The minimum Gasteiger partial charge on any atom is -0.507 e. The van der Waals surface area contributed by atoms with Gasteiger partial charge in [0.25, 0.3) is 0 Å². The lowest BCUT2D eigenvalue weighted by atomic mass is 9.97. The van der Waals surface area contributed by atoms with E-state index in [9.17, 15) is 14.3 Å². The Morgan fingerprint density at radius 1 is 0.947 bits per heavy atom. The Kier molecular flexibility index (Phi) is 6.79. The normalized spacial score (nSPS) is 14.7. The first-order chi connectivity index (χ1) is 18.0. The zero-order valence-corrected chi connectivity index (χ0v) is 22.7. The summed E-state index contributed by atoms with van der Waals surface area (Å²) in [6.45, 7) is 10.2. The van der Waals surface area contributed by atoms with Crippen LogP contribution in [-0.2, 0) is 7.05 Å². The third-order valence-corrected chi connectivity index (χ3v) is 7.45. The number of imidazole rings is 1. The Balaban J connectivity index is 1.47. The Bertz CT molecular complexity index is 1550. The standard InChI is InChI=1S/C29H31ClFN5O2/c1-29(2,3)35-12-10-34(11-13-35)26-16-20(7-8-32-26)23-18-21(31)17-22(27(23)37)19-5-6-25(24(30)15-19)36-14-9-33(4)28(36)38/h5-9,14-18,37H,10-13H2,1-4H3. The van der Waals surface area contributed by atoms with Crippen LogP contribution in [0, 0.1) is 5.82 Å². The molecule has 0 atom stereocenters. The molecule has 38 heavy (non-hydrogen) atoms. The molecular formula is C29H31ClFN5O2. The first kappa shape index (κ1) is 26.0. The van der Waals surface area contributed by atoms with Gasteiger partial charge in [0.15, 0.2) is 0 Å². The fourth-order valence-corrected chi connectivity index (χ4v) is 5.19. The van der Waals surface area contributed by atoms with Crippen LogP contribution in [0.5, 0.6) is 5.75 Å². The number of rotatable bonds is 4. The second-order valence-corrected chi connectivity index (χ2v) is 11.0. The van der Waals surface area contributed by atoms with E-state index in [1.54, 1.807) is 49.9 Å². The van der Waals surface area contributed by atoms with Gasteiger partial charge >= 0.3 is 5.69 Å². The van der Waals surface area contributed by atoms with Crippen molar-refractivity contribution in [1.82, 2.24) is 19.0 Å². The molecule has 0 spiro atoms. The van der Waals surface area contributed by atoms with Crippen molar-refractivity contribution >= 4 is 17.4 Å². The zero-order valence-electron chi connectivity index (χ0n) is 21.9. The molecule has 7 nitrogen and oxygen atoms in total. The van der Waals surface area contributed by atoms with Crippen LogP contribution in [0.25, 0.3) is 27.9 Å². The first-order valence-electron chi connectivity index (χ1n) is 12.6. The van der Waals surface area contributed by atoms with E-state index in [0.717, 1.165) is 32.0 Å². The molecule has 0 aliphatic carbocycles. The van der Waals surface area contributed by atoms with Crippen LogP contribution >= 0.6 is 11.6 Å². The molecule has 2 aromatic carbocycles. The second-order valence-electron chi connectivity index (χ2n) is 10.6. The zero-order chi connectivity index (χ0) is 27.2. The average Bonchev–Trinajstić information content (AvgIpc) is 3.22. The van der Waals surface area contributed by atoms with E-state index < -0.39 is 5.82 Å². The maximum Gasteiger partial charge on any atom is 0.332 e. The van der Waals surface area contributed by atoms with Gasteiger partial charge in [0.1, 0.15) is 17.4 Å². The number of phenols is 1. The summed E-state index contributed by atoms with van der Waals surface area (Å²) in [5.74, 6) is 0.258. The van der Waals surface area contributed by atoms with Crippen LogP contribution < -0.4 is 10.6 Å². The number of hydrogen-bond donors (Lipinski definition) is 1. The Morgan fingerprint density at radius 2 is 1.61 bits per heavy atom. The summed E-state index contributed by atoms with van der Waals surface area (Å²) in [5, 5.41) is 11.6. The van der Waals surface area contributed by atoms with Gasteiger partial charge in [0.2, 0.25) is 0 Å². The van der Waals surface area contributed by atoms with Crippen molar-refractivity contribution < 1.29 is 9.50 Å². The second kappa shape index (κ2) is 9.93. The number of phenolic OH excluding ortho intramolecular Hbond substituents is 1. The smallest absolute Gasteiger partial charge is 0.332 e. The van der Waals surface area contributed by atoms with Crippen molar-refractivity contribution in [3.63, 3.8) is 0 Å². The van der Waals surface area contributed by atoms with E-state index in [2.05, 4.69) is 35.6 Å². The van der Waals surface area contributed by atoms with Gasteiger partial charge in [-0.05, 0) is 68.3 Å². The van der Waals surface area contributed by atoms with E-state index >= 15 is 0 Å². The van der Waals surface area contributed by atoms with Crippen LogP contribution in [0.1, 0.15) is 20.8 Å². The monoisotopic (exact) mass is 535 g/mol. The van der Waals surface area contributed by atoms with Crippen LogP contribution in [0.15, 0.2) is 65.8 Å². The fourth-order valence-electron chi connectivity index (χ4n) is 4.92. The average molecular weight is 536 g/mol. The first-order valence-corrected chi connectivity index (χ1v) is 12.9. The lowest BCUT2D eigenvalue weighted by Gasteiger charge is -2.42. The Morgan fingerprint density at radius 3 is 2.18 bits per heavy atom. The summed E-state index contributed by atoms with van der Waals surface area (Å²) in [7, 11) is 1.66. The number of aryl methyl sites for hydroxylation is 1. The molecule has 0 amide bonds. The molecule has 2 aromatic heterocycles. The third kappa shape index (κ3) is 4.93. The molecule has 1 aliphatic heterocycles. The molecule has 1 saturated heterocycles. The van der Waals surface area contributed by atoms with Gasteiger partial charge in [-0.2, -0.15) is 0 Å². The molecule has 3 heterocycles. The van der Waals surface area contributed by atoms with Gasteiger partial charge in [0.05, 0.1) is 10.7 Å². The minimum atomic E-state index is -0.482. The summed E-state index contributed by atoms with van der Waals surface area (Å²) in [6.07, 6.45) is 4.96. The van der Waals surface area contributed by atoms with Crippen molar-refractivity contribution in [1.29, 1.82) is 0 Å². The van der Waals surface area contributed by atoms with Crippen molar-refractivity contribution in [3.8, 4) is 33.7 Å². The van der Waals surface area contributed by atoms with E-state index in [4.69, 9.17) is 11.6 Å². The molecule has 1 N–H and O–H groups in total. The molecule has 4 aromatic rings. The van der Waals surface area contributed by atoms with E-state index in [1.807, 2.05) is 6.07 Å². The highest BCUT2D eigenvalue weighted by Gasteiger charge is 2.26. The highest BCUT2D eigenvalue weighted by atomic mass is 35.5. The topological polar surface area (TPSA) is 66.5 Å². The van der Waals surface area contributed by atoms with E-state index in [-0.39, 0.29) is 17.0 Å². The van der Waals surface area contributed by atoms with Gasteiger partial charge < -0.3 is 14.6 Å². The molecule has 0 radical (unpaired) electrons. The fraction of sp³-hybridized carbons (Fsp3) is 0.310. The van der Waals surface area contributed by atoms with Crippen LogP contribution in [0.2, 0.25) is 5.02 Å². The molecule has 0 saturated carbocycles. The number of piperazine rings is 1. The summed E-state index contributed by atoms with van der Waals surface area (Å²) in [4.78, 5) is 21.6. The number of aromatic nitrogens is 3. The van der Waals surface area contributed by atoms with Gasteiger partial charge in [0, 0.05) is 68.5 Å².